The second-order valence-electron chi connectivity index (χ2n) is 4.60. The van der Waals surface area contributed by atoms with E-state index in [0.29, 0.717) is 6.61 Å². The maximum absolute atomic E-state index is 11.6. The number of carbonyl (C=O) groups excluding carboxylic acids is 2. The van der Waals surface area contributed by atoms with E-state index in [2.05, 4.69) is 5.32 Å². The molecule has 18 heavy (non-hydrogen) atoms. The number of nitrogens with one attached hydrogen (secondary N) is 1. The molecular formula is C13H23NO4. The molecule has 5 heteroatoms. The predicted molar refractivity (Wildman–Crippen MR) is 67.1 cm³/mol. The summed E-state index contributed by atoms with van der Waals surface area (Å²) < 4.78 is 10.6. The van der Waals surface area contributed by atoms with Crippen molar-refractivity contribution in [2.75, 3.05) is 13.2 Å². The highest BCUT2D eigenvalue weighted by molar-refractivity contribution is 5.83. The molecule has 1 rings (SSSR count). The van der Waals surface area contributed by atoms with Gasteiger partial charge in [0.2, 0.25) is 5.91 Å². The van der Waals surface area contributed by atoms with Crippen molar-refractivity contribution in [3.8, 4) is 0 Å². The van der Waals surface area contributed by atoms with Gasteiger partial charge in [0.15, 0.2) is 6.04 Å². The number of rotatable bonds is 6. The van der Waals surface area contributed by atoms with E-state index in [1.165, 1.54) is 26.2 Å². The molecule has 0 aromatic rings. The van der Waals surface area contributed by atoms with Crippen LogP contribution in [-0.2, 0) is 19.1 Å². The van der Waals surface area contributed by atoms with Crippen LogP contribution in [0.1, 0.15) is 46.0 Å². The monoisotopic (exact) mass is 257 g/mol. The van der Waals surface area contributed by atoms with Gasteiger partial charge in [0, 0.05) is 6.92 Å². The van der Waals surface area contributed by atoms with Gasteiger partial charge in [-0.3, -0.25) is 4.79 Å². The molecule has 104 valence electrons. The Morgan fingerprint density at radius 1 is 1.28 bits per heavy atom. The largest absolute Gasteiger partial charge is 0.464 e. The van der Waals surface area contributed by atoms with E-state index in [0.717, 1.165) is 12.8 Å². The molecule has 0 aromatic carbocycles. The fourth-order valence-electron chi connectivity index (χ4n) is 2.12. The molecule has 0 unspecified atom stereocenters. The first-order valence-electron chi connectivity index (χ1n) is 6.68. The molecule has 0 bridgehead atoms. The van der Waals surface area contributed by atoms with E-state index in [1.54, 1.807) is 6.92 Å². The summed E-state index contributed by atoms with van der Waals surface area (Å²) in [7, 11) is 0. The van der Waals surface area contributed by atoms with Crippen LogP contribution < -0.4 is 5.32 Å². The standard InChI is InChI=1S/C13H23NO4/c1-3-17-13(16)12(14-10(2)15)9-18-11-7-5-4-6-8-11/h11-12H,3-9H2,1-2H3,(H,14,15)/t12-/m1/s1. The topological polar surface area (TPSA) is 64.6 Å². The van der Waals surface area contributed by atoms with Crippen molar-refractivity contribution in [1.82, 2.24) is 5.32 Å². The SMILES string of the molecule is CCOC(=O)[C@@H](COC1CCCCC1)NC(C)=O. The first-order valence-corrected chi connectivity index (χ1v) is 6.68. The predicted octanol–water partition coefficient (Wildman–Crippen LogP) is 1.40. The van der Waals surface area contributed by atoms with Gasteiger partial charge in [0.25, 0.3) is 0 Å². The van der Waals surface area contributed by atoms with Crippen LogP contribution in [0.4, 0.5) is 0 Å². The quantitative estimate of drug-likeness (QED) is 0.731. The van der Waals surface area contributed by atoms with Gasteiger partial charge in [-0.25, -0.2) is 4.79 Å². The number of esters is 1. The highest BCUT2D eigenvalue weighted by atomic mass is 16.5. The normalized spacial score (nSPS) is 18.1. The molecule has 5 nitrogen and oxygen atoms in total. The fourth-order valence-corrected chi connectivity index (χ4v) is 2.12. The van der Waals surface area contributed by atoms with E-state index < -0.39 is 12.0 Å². The van der Waals surface area contributed by atoms with Gasteiger partial charge < -0.3 is 14.8 Å². The van der Waals surface area contributed by atoms with Crippen LogP contribution in [0.25, 0.3) is 0 Å². The second kappa shape index (κ2) is 8.08. The van der Waals surface area contributed by atoms with Gasteiger partial charge in [-0.15, -0.1) is 0 Å². The van der Waals surface area contributed by atoms with Gasteiger partial charge in [0.1, 0.15) is 0 Å². The van der Waals surface area contributed by atoms with E-state index in [1.807, 2.05) is 0 Å². The number of hydrogen-bond acceptors (Lipinski definition) is 4. The summed E-state index contributed by atoms with van der Waals surface area (Å²) in [6.07, 6.45) is 5.89. The first-order chi connectivity index (χ1) is 8.63. The Hall–Kier alpha value is -1.10. The van der Waals surface area contributed by atoms with Crippen molar-refractivity contribution in [1.29, 1.82) is 0 Å². The van der Waals surface area contributed by atoms with E-state index >= 15 is 0 Å². The van der Waals surface area contributed by atoms with Crippen LogP contribution in [-0.4, -0.2) is 37.2 Å². The van der Waals surface area contributed by atoms with Crippen LogP contribution in [0.3, 0.4) is 0 Å². The molecule has 1 N–H and O–H groups in total. The van der Waals surface area contributed by atoms with Crippen LogP contribution in [0.15, 0.2) is 0 Å². The zero-order chi connectivity index (χ0) is 13.4. The molecule has 1 amide bonds. The second-order valence-corrected chi connectivity index (χ2v) is 4.60. The van der Waals surface area contributed by atoms with Gasteiger partial charge in [0.05, 0.1) is 19.3 Å². The molecule has 0 saturated heterocycles. The van der Waals surface area contributed by atoms with Gasteiger partial charge in [-0.05, 0) is 19.8 Å². The fraction of sp³-hybridized carbons (Fsp3) is 0.846. The van der Waals surface area contributed by atoms with E-state index in [9.17, 15) is 9.59 Å². The Labute approximate surface area is 108 Å². The number of hydrogen-bond donors (Lipinski definition) is 1. The summed E-state index contributed by atoms with van der Waals surface area (Å²) in [5.74, 6) is -0.677. The zero-order valence-corrected chi connectivity index (χ0v) is 11.2. The Kier molecular flexibility index (Phi) is 6.72. The summed E-state index contributed by atoms with van der Waals surface area (Å²) >= 11 is 0. The Balaban J connectivity index is 2.39. The molecule has 1 atom stereocenters. The van der Waals surface area contributed by atoms with Crippen LogP contribution >= 0.6 is 0 Å². The van der Waals surface area contributed by atoms with Gasteiger partial charge in [-0.1, -0.05) is 19.3 Å². The molecule has 0 spiro atoms. The van der Waals surface area contributed by atoms with Crippen molar-refractivity contribution in [2.45, 2.75) is 58.1 Å². The first kappa shape index (κ1) is 15.0. The van der Waals surface area contributed by atoms with Crippen molar-refractivity contribution in [2.24, 2.45) is 0 Å². The lowest BCUT2D eigenvalue weighted by Gasteiger charge is -2.24. The van der Waals surface area contributed by atoms with E-state index in [4.69, 9.17) is 9.47 Å². The smallest absolute Gasteiger partial charge is 0.331 e. The minimum atomic E-state index is -0.690. The highest BCUT2D eigenvalue weighted by Gasteiger charge is 2.23. The highest BCUT2D eigenvalue weighted by Crippen LogP contribution is 2.20. The molecule has 0 aromatic heterocycles. The molecular weight excluding hydrogens is 234 g/mol. The number of amides is 1. The molecule has 1 aliphatic rings. The molecule has 1 saturated carbocycles. The Bertz CT molecular complexity index is 274. The molecule has 0 heterocycles. The summed E-state index contributed by atoms with van der Waals surface area (Å²) in [4.78, 5) is 22.7. The van der Waals surface area contributed by atoms with E-state index in [-0.39, 0.29) is 18.6 Å². The Morgan fingerprint density at radius 3 is 2.50 bits per heavy atom. The molecule has 1 aliphatic carbocycles. The maximum atomic E-state index is 11.6. The Morgan fingerprint density at radius 2 is 1.94 bits per heavy atom. The van der Waals surface area contributed by atoms with Gasteiger partial charge >= 0.3 is 5.97 Å². The summed E-state index contributed by atoms with van der Waals surface area (Å²) in [5, 5.41) is 2.57. The summed E-state index contributed by atoms with van der Waals surface area (Å²) in [6, 6.07) is -0.690. The minimum absolute atomic E-state index is 0.198. The lowest BCUT2D eigenvalue weighted by atomic mass is 9.98. The lowest BCUT2D eigenvalue weighted by Crippen LogP contribution is -2.45. The van der Waals surface area contributed by atoms with Gasteiger partial charge in [-0.2, -0.15) is 0 Å². The molecule has 0 radical (unpaired) electrons. The van der Waals surface area contributed by atoms with Crippen LogP contribution in [0.5, 0.6) is 0 Å². The minimum Gasteiger partial charge on any atom is -0.464 e. The average molecular weight is 257 g/mol. The number of ether oxygens (including phenoxy) is 2. The van der Waals surface area contributed by atoms with Crippen molar-refractivity contribution >= 4 is 11.9 Å². The molecule has 0 aliphatic heterocycles. The average Bonchev–Trinajstić information content (AvgIpc) is 2.35. The van der Waals surface area contributed by atoms with Crippen molar-refractivity contribution in [3.63, 3.8) is 0 Å². The lowest BCUT2D eigenvalue weighted by molar-refractivity contribution is -0.150. The third kappa shape index (κ3) is 5.49. The van der Waals surface area contributed by atoms with Crippen molar-refractivity contribution < 1.29 is 19.1 Å². The van der Waals surface area contributed by atoms with Crippen molar-refractivity contribution in [3.05, 3.63) is 0 Å². The summed E-state index contributed by atoms with van der Waals surface area (Å²) in [5.41, 5.74) is 0. The van der Waals surface area contributed by atoms with Crippen LogP contribution in [0.2, 0.25) is 0 Å². The third-order valence-electron chi connectivity index (χ3n) is 3.00. The summed E-state index contributed by atoms with van der Waals surface area (Å²) in [6.45, 7) is 3.62. The third-order valence-corrected chi connectivity index (χ3v) is 3.00. The number of carbonyl (C=O) groups is 2. The molecule has 1 fully saturated rings. The zero-order valence-electron chi connectivity index (χ0n) is 11.2. The van der Waals surface area contributed by atoms with Crippen LogP contribution in [0, 0.1) is 0 Å². The maximum Gasteiger partial charge on any atom is 0.331 e.